The Balaban J connectivity index is 5.02. The van der Waals surface area contributed by atoms with Gasteiger partial charge in [0.1, 0.15) is 12.1 Å². The molecule has 0 fully saturated rings. The number of hydrogen-bond acceptors (Lipinski definition) is 7. The molecule has 0 bridgehead atoms. The van der Waals surface area contributed by atoms with Gasteiger partial charge < -0.3 is 43.2 Å². The highest BCUT2D eigenvalue weighted by Gasteiger charge is 2.29. The van der Waals surface area contributed by atoms with Crippen molar-refractivity contribution in [1.29, 1.82) is 0 Å². The number of carbonyl (C=O) groups excluding carboxylic acids is 2. The second kappa shape index (κ2) is 12.1. The van der Waals surface area contributed by atoms with Gasteiger partial charge in [-0.3, -0.25) is 24.2 Å². The van der Waals surface area contributed by atoms with Crippen LogP contribution in [0.15, 0.2) is 4.99 Å². The van der Waals surface area contributed by atoms with Crippen molar-refractivity contribution in [1.82, 2.24) is 10.6 Å². The van der Waals surface area contributed by atoms with E-state index in [4.69, 9.17) is 27.4 Å². The molecule has 0 aromatic heterocycles. The summed E-state index contributed by atoms with van der Waals surface area (Å²) in [5.74, 6) is -6.53. The molecule has 3 atom stereocenters. The van der Waals surface area contributed by atoms with Gasteiger partial charge in [0.2, 0.25) is 11.8 Å². The SMILES string of the molecule is NC(N)=NCCCC(NC(=O)C(CC(=O)O)NC(=O)C(N)CC(=O)O)C(=O)O. The summed E-state index contributed by atoms with van der Waals surface area (Å²) >= 11 is 0. The summed E-state index contributed by atoms with van der Waals surface area (Å²) in [5.41, 5.74) is 15.6. The van der Waals surface area contributed by atoms with Crippen LogP contribution in [0.2, 0.25) is 0 Å². The fourth-order valence-corrected chi connectivity index (χ4v) is 1.98. The van der Waals surface area contributed by atoms with Gasteiger partial charge in [0.15, 0.2) is 5.96 Å². The van der Waals surface area contributed by atoms with Gasteiger partial charge in [-0.05, 0) is 12.8 Å². The average molecular weight is 404 g/mol. The molecule has 0 aliphatic carbocycles. The van der Waals surface area contributed by atoms with Crippen molar-refractivity contribution in [3.05, 3.63) is 0 Å². The van der Waals surface area contributed by atoms with Crippen LogP contribution in [0.1, 0.15) is 25.7 Å². The van der Waals surface area contributed by atoms with Crippen molar-refractivity contribution in [2.75, 3.05) is 6.54 Å². The molecule has 0 saturated heterocycles. The van der Waals surface area contributed by atoms with Gasteiger partial charge in [-0.1, -0.05) is 0 Å². The Bertz CT molecular complexity index is 633. The normalized spacial score (nSPS) is 13.5. The zero-order valence-corrected chi connectivity index (χ0v) is 14.8. The number of nitrogens with one attached hydrogen (secondary N) is 2. The number of nitrogens with two attached hydrogens (primary N) is 3. The maximum Gasteiger partial charge on any atom is 0.326 e. The van der Waals surface area contributed by atoms with E-state index in [0.29, 0.717) is 0 Å². The van der Waals surface area contributed by atoms with Gasteiger partial charge in [0.05, 0.1) is 18.9 Å². The molecule has 11 N–H and O–H groups in total. The molecular weight excluding hydrogens is 380 g/mol. The maximum absolute atomic E-state index is 12.2. The number of rotatable bonds is 13. The number of guanidine groups is 1. The van der Waals surface area contributed by atoms with Crippen molar-refractivity contribution >= 4 is 35.7 Å². The third-order valence-electron chi connectivity index (χ3n) is 3.30. The third kappa shape index (κ3) is 10.5. The quantitative estimate of drug-likeness (QED) is 0.0843. The molecule has 0 radical (unpaired) electrons. The van der Waals surface area contributed by atoms with Gasteiger partial charge in [-0.25, -0.2) is 4.79 Å². The van der Waals surface area contributed by atoms with E-state index in [1.807, 2.05) is 5.32 Å². The fraction of sp³-hybridized carbons (Fsp3) is 0.571. The van der Waals surface area contributed by atoms with Crippen LogP contribution in [0.5, 0.6) is 0 Å². The van der Waals surface area contributed by atoms with Crippen LogP contribution in [0.25, 0.3) is 0 Å². The molecule has 0 aromatic carbocycles. The molecule has 0 rings (SSSR count). The molecule has 0 spiro atoms. The molecular formula is C14H24N6O8. The predicted molar refractivity (Wildman–Crippen MR) is 93.9 cm³/mol. The van der Waals surface area contributed by atoms with E-state index in [0.717, 1.165) is 0 Å². The molecule has 0 aromatic rings. The Morgan fingerprint density at radius 2 is 1.39 bits per heavy atom. The van der Waals surface area contributed by atoms with E-state index >= 15 is 0 Å². The minimum absolute atomic E-state index is 0.0654. The van der Waals surface area contributed by atoms with Crippen LogP contribution in [0, 0.1) is 0 Å². The topological polar surface area (TPSA) is 261 Å². The summed E-state index contributed by atoms with van der Waals surface area (Å²) in [7, 11) is 0. The molecule has 28 heavy (non-hydrogen) atoms. The van der Waals surface area contributed by atoms with Crippen molar-refractivity contribution in [3.63, 3.8) is 0 Å². The first-order chi connectivity index (χ1) is 12.9. The van der Waals surface area contributed by atoms with Gasteiger partial charge >= 0.3 is 17.9 Å². The van der Waals surface area contributed by atoms with E-state index in [2.05, 4.69) is 10.3 Å². The molecule has 0 saturated carbocycles. The number of carboxylic acids is 3. The van der Waals surface area contributed by atoms with Crippen molar-refractivity contribution < 1.29 is 39.3 Å². The standard InChI is InChI=1S/C14H24N6O8/c15-6(4-9(21)22)11(25)20-8(5-10(23)24)12(26)19-7(13(27)28)2-1-3-18-14(16)17/h6-8H,1-5,15H2,(H,19,26)(H,20,25)(H,21,22)(H,23,24)(H,27,28)(H4,16,17,18). The van der Waals surface area contributed by atoms with Gasteiger partial charge in [-0.2, -0.15) is 0 Å². The number of hydrogen-bond donors (Lipinski definition) is 8. The Morgan fingerprint density at radius 3 is 1.86 bits per heavy atom. The molecule has 0 aliphatic heterocycles. The van der Waals surface area contributed by atoms with Crippen LogP contribution in [0.3, 0.4) is 0 Å². The summed E-state index contributed by atoms with van der Waals surface area (Å²) in [4.78, 5) is 60.5. The number of amides is 2. The lowest BCUT2D eigenvalue weighted by Crippen LogP contribution is -2.55. The van der Waals surface area contributed by atoms with Crippen molar-refractivity contribution in [3.8, 4) is 0 Å². The molecule has 0 heterocycles. The lowest BCUT2D eigenvalue weighted by Gasteiger charge is -2.21. The smallest absolute Gasteiger partial charge is 0.326 e. The van der Waals surface area contributed by atoms with Crippen molar-refractivity contribution in [2.24, 2.45) is 22.2 Å². The summed E-state index contributed by atoms with van der Waals surface area (Å²) in [6.07, 6.45) is -1.47. The zero-order chi connectivity index (χ0) is 21.9. The number of aliphatic imine (C=N–C) groups is 1. The Kier molecular flexibility index (Phi) is 10.6. The zero-order valence-electron chi connectivity index (χ0n) is 14.8. The lowest BCUT2D eigenvalue weighted by atomic mass is 10.1. The van der Waals surface area contributed by atoms with Gasteiger partial charge in [0, 0.05) is 6.54 Å². The van der Waals surface area contributed by atoms with E-state index in [1.54, 1.807) is 0 Å². The number of carboxylic acid groups (broad SMARTS) is 3. The number of aliphatic carboxylic acids is 3. The summed E-state index contributed by atoms with van der Waals surface area (Å²) in [6.45, 7) is 0.112. The lowest BCUT2D eigenvalue weighted by molar-refractivity contribution is -0.144. The molecule has 0 aliphatic rings. The first-order valence-electron chi connectivity index (χ1n) is 8.02. The molecule has 158 valence electrons. The first kappa shape index (κ1) is 24.6. The Hall–Kier alpha value is -3.42. The largest absolute Gasteiger partial charge is 0.481 e. The highest BCUT2D eigenvalue weighted by molar-refractivity contribution is 5.94. The number of carbonyl (C=O) groups is 5. The summed E-state index contributed by atoms with van der Waals surface area (Å²) in [5, 5.41) is 30.8. The predicted octanol–water partition coefficient (Wildman–Crippen LogP) is -3.63. The maximum atomic E-state index is 12.2. The van der Waals surface area contributed by atoms with Crippen LogP contribution in [0.4, 0.5) is 0 Å². The highest BCUT2D eigenvalue weighted by atomic mass is 16.4. The van der Waals surface area contributed by atoms with E-state index in [1.165, 1.54) is 0 Å². The summed E-state index contributed by atoms with van der Waals surface area (Å²) in [6, 6.07) is -4.55. The molecule has 3 unspecified atom stereocenters. The number of nitrogens with zero attached hydrogens (tertiary/aromatic N) is 1. The minimum atomic E-state index is -1.65. The van der Waals surface area contributed by atoms with E-state index in [-0.39, 0.29) is 25.3 Å². The molecule has 2 amide bonds. The van der Waals surface area contributed by atoms with E-state index < -0.39 is 60.7 Å². The summed E-state index contributed by atoms with van der Waals surface area (Å²) < 4.78 is 0. The van der Waals surface area contributed by atoms with Crippen molar-refractivity contribution in [2.45, 2.75) is 43.8 Å². The monoisotopic (exact) mass is 404 g/mol. The Morgan fingerprint density at radius 1 is 0.857 bits per heavy atom. The second-order valence-corrected chi connectivity index (χ2v) is 5.71. The van der Waals surface area contributed by atoms with Gasteiger partial charge in [-0.15, -0.1) is 0 Å². The second-order valence-electron chi connectivity index (χ2n) is 5.71. The first-order valence-corrected chi connectivity index (χ1v) is 8.02. The molecule has 14 heteroatoms. The molecule has 14 nitrogen and oxygen atoms in total. The minimum Gasteiger partial charge on any atom is -0.481 e. The fourth-order valence-electron chi connectivity index (χ4n) is 1.98. The van der Waals surface area contributed by atoms with Crippen LogP contribution >= 0.6 is 0 Å². The van der Waals surface area contributed by atoms with E-state index in [9.17, 15) is 29.1 Å². The van der Waals surface area contributed by atoms with Gasteiger partial charge in [0.25, 0.3) is 0 Å². The van der Waals surface area contributed by atoms with Crippen LogP contribution in [-0.4, -0.2) is 75.7 Å². The van der Waals surface area contributed by atoms with Crippen LogP contribution < -0.4 is 27.8 Å². The average Bonchev–Trinajstić information content (AvgIpc) is 2.55. The third-order valence-corrected chi connectivity index (χ3v) is 3.30. The van der Waals surface area contributed by atoms with Crippen LogP contribution in [-0.2, 0) is 24.0 Å². The Labute approximate surface area is 159 Å². The highest BCUT2D eigenvalue weighted by Crippen LogP contribution is 2.02.